The second-order valence-corrected chi connectivity index (χ2v) is 9.03. The molecule has 0 bridgehead atoms. The Kier molecular flexibility index (Phi) is 5.61. The summed E-state index contributed by atoms with van der Waals surface area (Å²) in [6.07, 6.45) is 3.96. The van der Waals surface area contributed by atoms with Crippen LogP contribution in [0.25, 0.3) is 17.0 Å². The minimum atomic E-state index is -0.0726. The molecule has 0 aliphatic carbocycles. The number of ketones is 1. The summed E-state index contributed by atoms with van der Waals surface area (Å²) in [6.45, 7) is 9.66. The van der Waals surface area contributed by atoms with Gasteiger partial charge in [0.1, 0.15) is 18.2 Å². The zero-order valence-corrected chi connectivity index (χ0v) is 19.5. The Morgan fingerprint density at radius 3 is 2.71 bits per heavy atom. The van der Waals surface area contributed by atoms with E-state index in [0.717, 1.165) is 73.7 Å². The van der Waals surface area contributed by atoms with Crippen molar-refractivity contribution in [3.63, 3.8) is 0 Å². The predicted molar refractivity (Wildman–Crippen MR) is 130 cm³/mol. The van der Waals surface area contributed by atoms with Gasteiger partial charge in [0, 0.05) is 61.9 Å². The highest BCUT2D eigenvalue weighted by molar-refractivity contribution is 6.15. The zero-order chi connectivity index (χ0) is 23.1. The molecule has 2 aromatic carbocycles. The first kappa shape index (κ1) is 21.4. The van der Waals surface area contributed by atoms with E-state index in [0.29, 0.717) is 30.3 Å². The van der Waals surface area contributed by atoms with Crippen molar-refractivity contribution < 1.29 is 19.0 Å². The summed E-state index contributed by atoms with van der Waals surface area (Å²) >= 11 is 0. The van der Waals surface area contributed by atoms with E-state index in [1.807, 2.05) is 30.3 Å². The standard InChI is InChI=1S/C27H29N3O4/c1-2-30-16-19(20-5-3-4-6-23(20)30)15-25-26(31)21-7-8-24-22(27(21)34-25)17-29(18-33-24)10-9-28-11-13-32-14-12-28/h3-8,15-16H,2,9-14,17-18H2,1H3/b25-15-. The zero-order valence-electron chi connectivity index (χ0n) is 19.5. The Labute approximate surface area is 199 Å². The molecule has 0 spiro atoms. The minimum absolute atomic E-state index is 0.0726. The maximum atomic E-state index is 13.2. The van der Waals surface area contributed by atoms with Gasteiger partial charge in [-0.25, -0.2) is 0 Å². The number of aromatic nitrogens is 1. The first-order valence-corrected chi connectivity index (χ1v) is 12.0. The number of allylic oxidation sites excluding steroid dienone is 1. The van der Waals surface area contributed by atoms with Crippen LogP contribution >= 0.6 is 0 Å². The fourth-order valence-corrected chi connectivity index (χ4v) is 5.05. The van der Waals surface area contributed by atoms with Crippen molar-refractivity contribution in [2.24, 2.45) is 0 Å². The average molecular weight is 460 g/mol. The molecule has 3 aliphatic heterocycles. The number of Topliss-reactive ketones (excluding diaryl/α,β-unsaturated/α-hetero) is 1. The predicted octanol–water partition coefficient (Wildman–Crippen LogP) is 3.76. The van der Waals surface area contributed by atoms with Gasteiger partial charge in [-0.2, -0.15) is 0 Å². The van der Waals surface area contributed by atoms with Crippen molar-refractivity contribution in [3.05, 3.63) is 65.0 Å². The molecule has 7 nitrogen and oxygen atoms in total. The lowest BCUT2D eigenvalue weighted by Crippen LogP contribution is -2.43. The summed E-state index contributed by atoms with van der Waals surface area (Å²) in [5.74, 6) is 1.74. The van der Waals surface area contributed by atoms with E-state index in [1.54, 1.807) is 0 Å². The van der Waals surface area contributed by atoms with Crippen LogP contribution in [0.3, 0.4) is 0 Å². The number of morpholine rings is 1. The molecule has 0 atom stereocenters. The number of carbonyl (C=O) groups is 1. The number of aryl methyl sites for hydroxylation is 1. The number of rotatable bonds is 5. The normalized spacial score (nSPS) is 19.8. The molecular formula is C27H29N3O4. The Balaban J connectivity index is 1.25. The largest absolute Gasteiger partial charge is 0.478 e. The monoisotopic (exact) mass is 459 g/mol. The van der Waals surface area contributed by atoms with Gasteiger partial charge in [0.25, 0.3) is 0 Å². The molecule has 1 aromatic heterocycles. The molecule has 1 fully saturated rings. The van der Waals surface area contributed by atoms with E-state index in [9.17, 15) is 4.79 Å². The highest BCUT2D eigenvalue weighted by Crippen LogP contribution is 2.42. The number of ether oxygens (including phenoxy) is 3. The van der Waals surface area contributed by atoms with Gasteiger partial charge in [-0.15, -0.1) is 0 Å². The third-order valence-corrected chi connectivity index (χ3v) is 6.97. The number of hydrogen-bond acceptors (Lipinski definition) is 6. The lowest BCUT2D eigenvalue weighted by Gasteiger charge is -2.33. The number of para-hydroxylation sites is 1. The molecule has 0 unspecified atom stereocenters. The van der Waals surface area contributed by atoms with Gasteiger partial charge in [0.2, 0.25) is 5.78 Å². The lowest BCUT2D eigenvalue weighted by atomic mass is 10.0. The Bertz CT molecular complexity index is 1270. The van der Waals surface area contributed by atoms with Crippen LogP contribution in [-0.4, -0.2) is 66.3 Å². The third-order valence-electron chi connectivity index (χ3n) is 6.97. The summed E-state index contributed by atoms with van der Waals surface area (Å²) in [5, 5.41) is 1.11. The van der Waals surface area contributed by atoms with Crippen molar-refractivity contribution in [3.8, 4) is 11.5 Å². The van der Waals surface area contributed by atoms with Crippen LogP contribution in [0.1, 0.15) is 28.4 Å². The average Bonchev–Trinajstić information content (AvgIpc) is 3.41. The molecule has 0 saturated carbocycles. The first-order chi connectivity index (χ1) is 16.7. The van der Waals surface area contributed by atoms with E-state index >= 15 is 0 Å². The van der Waals surface area contributed by atoms with Crippen LogP contribution in [0, 0.1) is 0 Å². The van der Waals surface area contributed by atoms with Crippen LogP contribution in [0.2, 0.25) is 0 Å². The number of benzene rings is 2. The number of nitrogens with zero attached hydrogens (tertiary/aromatic N) is 3. The molecular weight excluding hydrogens is 430 g/mol. The van der Waals surface area contributed by atoms with Gasteiger partial charge < -0.3 is 18.8 Å². The lowest BCUT2D eigenvalue weighted by molar-refractivity contribution is 0.0239. The first-order valence-electron chi connectivity index (χ1n) is 12.0. The summed E-state index contributed by atoms with van der Waals surface area (Å²) < 4.78 is 19.9. The topological polar surface area (TPSA) is 56.2 Å². The summed E-state index contributed by atoms with van der Waals surface area (Å²) in [7, 11) is 0. The van der Waals surface area contributed by atoms with E-state index in [2.05, 4.69) is 39.6 Å². The van der Waals surface area contributed by atoms with Crippen molar-refractivity contribution in [2.45, 2.75) is 20.0 Å². The van der Waals surface area contributed by atoms with Crippen LogP contribution in [0.4, 0.5) is 0 Å². The van der Waals surface area contributed by atoms with Gasteiger partial charge in [-0.1, -0.05) is 18.2 Å². The molecule has 3 aliphatic rings. The fourth-order valence-electron chi connectivity index (χ4n) is 5.05. The number of hydrogen-bond donors (Lipinski definition) is 0. The van der Waals surface area contributed by atoms with Crippen molar-refractivity contribution in [1.29, 1.82) is 0 Å². The highest BCUT2D eigenvalue weighted by atomic mass is 16.5. The SMILES string of the molecule is CCn1cc(/C=C2\Oc3c(ccc4c3CN(CCN3CCOCC3)CO4)C2=O)c2ccccc21. The van der Waals surface area contributed by atoms with Gasteiger partial charge in [0.15, 0.2) is 5.76 Å². The molecule has 0 radical (unpaired) electrons. The molecule has 6 rings (SSSR count). The maximum absolute atomic E-state index is 13.2. The highest BCUT2D eigenvalue weighted by Gasteiger charge is 2.34. The molecule has 176 valence electrons. The molecule has 34 heavy (non-hydrogen) atoms. The third kappa shape index (κ3) is 3.79. The summed E-state index contributed by atoms with van der Waals surface area (Å²) in [4.78, 5) is 17.9. The quantitative estimate of drug-likeness (QED) is 0.542. The molecule has 1 saturated heterocycles. The van der Waals surface area contributed by atoms with Gasteiger partial charge >= 0.3 is 0 Å². The smallest absolute Gasteiger partial charge is 0.231 e. The van der Waals surface area contributed by atoms with E-state index in [1.165, 1.54) is 0 Å². The van der Waals surface area contributed by atoms with E-state index in [4.69, 9.17) is 14.2 Å². The van der Waals surface area contributed by atoms with E-state index in [-0.39, 0.29) is 5.78 Å². The van der Waals surface area contributed by atoms with Crippen LogP contribution < -0.4 is 9.47 Å². The molecule has 7 heteroatoms. The van der Waals surface area contributed by atoms with Gasteiger partial charge in [-0.3, -0.25) is 14.6 Å². The number of fused-ring (bicyclic) bond motifs is 4. The Morgan fingerprint density at radius 1 is 1.03 bits per heavy atom. The molecule has 0 amide bonds. The van der Waals surface area contributed by atoms with Gasteiger partial charge in [0.05, 0.1) is 24.3 Å². The van der Waals surface area contributed by atoms with Crippen molar-refractivity contribution >= 4 is 22.8 Å². The van der Waals surface area contributed by atoms with E-state index < -0.39 is 0 Å². The van der Waals surface area contributed by atoms with Gasteiger partial charge in [-0.05, 0) is 31.2 Å². The summed E-state index contributed by atoms with van der Waals surface area (Å²) in [6, 6.07) is 12.0. The van der Waals surface area contributed by atoms with Crippen molar-refractivity contribution in [1.82, 2.24) is 14.4 Å². The summed E-state index contributed by atoms with van der Waals surface area (Å²) in [5.41, 5.74) is 3.72. The van der Waals surface area contributed by atoms with Crippen LogP contribution in [-0.2, 0) is 17.8 Å². The van der Waals surface area contributed by atoms with Crippen molar-refractivity contribution in [2.75, 3.05) is 46.1 Å². The molecule has 4 heterocycles. The molecule has 0 N–H and O–H groups in total. The second-order valence-electron chi connectivity index (χ2n) is 9.03. The van der Waals surface area contributed by atoms with Crippen LogP contribution in [0.5, 0.6) is 11.5 Å². The maximum Gasteiger partial charge on any atom is 0.231 e. The van der Waals surface area contributed by atoms with Crippen LogP contribution in [0.15, 0.2) is 48.4 Å². The molecule has 3 aromatic rings. The fraction of sp³-hybridized carbons (Fsp3) is 0.370. The second kappa shape index (κ2) is 8.91. The Morgan fingerprint density at radius 2 is 1.85 bits per heavy atom. The number of carbonyl (C=O) groups excluding carboxylic acids is 1. The minimum Gasteiger partial charge on any atom is -0.478 e. The Hall–Kier alpha value is -3.13.